The van der Waals surface area contributed by atoms with Crippen LogP contribution >= 0.6 is 27.3 Å². The number of fused-ring (bicyclic) bond motifs is 1. The zero-order valence-corrected chi connectivity index (χ0v) is 15.9. The van der Waals surface area contributed by atoms with Crippen LogP contribution in [0.1, 0.15) is 38.5 Å². The molecule has 1 aromatic heterocycles. The normalized spacial score (nSPS) is 13.2. The number of thiophene rings is 1. The first-order chi connectivity index (χ1) is 11.5. The molecule has 1 heterocycles. The number of carbonyl (C=O) groups is 2. The summed E-state index contributed by atoms with van der Waals surface area (Å²) in [5.41, 5.74) is 3.02. The lowest BCUT2D eigenvalue weighted by Gasteiger charge is -2.09. The van der Waals surface area contributed by atoms with Crippen molar-refractivity contribution in [3.63, 3.8) is 0 Å². The SMILES string of the molecule is Cc1cc(Br)ccc1NC(=O)CNC(=O)c1cc2c(s1)CCCC2. The fourth-order valence-electron chi connectivity index (χ4n) is 2.81. The first kappa shape index (κ1) is 17.2. The maximum Gasteiger partial charge on any atom is 0.261 e. The Kier molecular flexibility index (Phi) is 5.36. The zero-order chi connectivity index (χ0) is 17.1. The smallest absolute Gasteiger partial charge is 0.261 e. The maximum atomic E-state index is 12.2. The van der Waals surface area contributed by atoms with E-state index in [1.807, 2.05) is 31.2 Å². The molecule has 0 saturated heterocycles. The first-order valence-electron chi connectivity index (χ1n) is 7.99. The summed E-state index contributed by atoms with van der Waals surface area (Å²) in [6.07, 6.45) is 4.52. The van der Waals surface area contributed by atoms with Gasteiger partial charge >= 0.3 is 0 Å². The van der Waals surface area contributed by atoms with Crippen LogP contribution in [0.2, 0.25) is 0 Å². The molecule has 0 aliphatic heterocycles. The highest BCUT2D eigenvalue weighted by Crippen LogP contribution is 2.29. The quantitative estimate of drug-likeness (QED) is 0.803. The molecule has 6 heteroatoms. The molecule has 2 aromatic rings. The number of rotatable bonds is 4. The highest BCUT2D eigenvalue weighted by Gasteiger charge is 2.17. The average molecular weight is 407 g/mol. The molecule has 2 N–H and O–H groups in total. The van der Waals surface area contributed by atoms with Crippen molar-refractivity contribution in [2.24, 2.45) is 0 Å². The molecular formula is C18H19BrN2O2S. The number of aryl methyl sites for hydroxylation is 3. The zero-order valence-electron chi connectivity index (χ0n) is 13.4. The van der Waals surface area contributed by atoms with Crippen LogP contribution in [0.5, 0.6) is 0 Å². The van der Waals surface area contributed by atoms with Gasteiger partial charge in [0.05, 0.1) is 11.4 Å². The van der Waals surface area contributed by atoms with Gasteiger partial charge in [0, 0.05) is 15.0 Å². The summed E-state index contributed by atoms with van der Waals surface area (Å²) in [4.78, 5) is 26.3. The summed E-state index contributed by atoms with van der Waals surface area (Å²) >= 11 is 4.95. The molecule has 0 bridgehead atoms. The Morgan fingerprint density at radius 2 is 2.00 bits per heavy atom. The molecule has 0 unspecified atom stereocenters. The van der Waals surface area contributed by atoms with E-state index in [9.17, 15) is 9.59 Å². The van der Waals surface area contributed by atoms with Gasteiger partial charge in [-0.1, -0.05) is 15.9 Å². The highest BCUT2D eigenvalue weighted by atomic mass is 79.9. The van der Waals surface area contributed by atoms with Gasteiger partial charge in [-0.05, 0) is 68.0 Å². The lowest BCUT2D eigenvalue weighted by molar-refractivity contribution is -0.115. The van der Waals surface area contributed by atoms with E-state index >= 15 is 0 Å². The molecule has 1 aliphatic carbocycles. The molecule has 1 aliphatic rings. The second-order valence-electron chi connectivity index (χ2n) is 5.96. The van der Waals surface area contributed by atoms with Crippen molar-refractivity contribution < 1.29 is 9.59 Å². The largest absolute Gasteiger partial charge is 0.342 e. The van der Waals surface area contributed by atoms with E-state index in [1.54, 1.807) is 11.3 Å². The number of hydrogen-bond acceptors (Lipinski definition) is 3. The number of carbonyl (C=O) groups excluding carboxylic acids is 2. The van der Waals surface area contributed by atoms with E-state index < -0.39 is 0 Å². The highest BCUT2D eigenvalue weighted by molar-refractivity contribution is 9.10. The molecule has 0 spiro atoms. The summed E-state index contributed by atoms with van der Waals surface area (Å²) in [5.74, 6) is -0.396. The van der Waals surface area contributed by atoms with E-state index in [-0.39, 0.29) is 18.4 Å². The van der Waals surface area contributed by atoms with Crippen LogP contribution in [-0.2, 0) is 17.6 Å². The van der Waals surface area contributed by atoms with Crippen molar-refractivity contribution in [2.45, 2.75) is 32.6 Å². The minimum Gasteiger partial charge on any atom is -0.342 e. The van der Waals surface area contributed by atoms with Crippen LogP contribution in [-0.4, -0.2) is 18.4 Å². The molecular weight excluding hydrogens is 388 g/mol. The minimum absolute atomic E-state index is 0.0308. The number of hydrogen-bond donors (Lipinski definition) is 2. The molecule has 0 radical (unpaired) electrons. The lowest BCUT2D eigenvalue weighted by Crippen LogP contribution is -2.32. The minimum atomic E-state index is -0.227. The Morgan fingerprint density at radius 3 is 2.75 bits per heavy atom. The van der Waals surface area contributed by atoms with Gasteiger partial charge < -0.3 is 10.6 Å². The Hall–Kier alpha value is -1.66. The Bertz CT molecular complexity index is 762. The van der Waals surface area contributed by atoms with E-state index in [1.165, 1.54) is 23.3 Å². The van der Waals surface area contributed by atoms with Gasteiger partial charge in [0.25, 0.3) is 5.91 Å². The standard InChI is InChI=1S/C18H19BrN2O2S/c1-11-8-13(19)6-7-14(11)21-17(22)10-20-18(23)16-9-12-4-2-3-5-15(12)24-16/h6-9H,2-5,10H2,1H3,(H,20,23)(H,21,22). The molecule has 2 amide bonds. The predicted molar refractivity (Wildman–Crippen MR) is 101 cm³/mol. The first-order valence-corrected chi connectivity index (χ1v) is 9.59. The fraction of sp³-hybridized carbons (Fsp3) is 0.333. The van der Waals surface area contributed by atoms with Crippen LogP contribution in [0.15, 0.2) is 28.7 Å². The molecule has 4 nitrogen and oxygen atoms in total. The summed E-state index contributed by atoms with van der Waals surface area (Å²) in [5, 5.41) is 5.53. The molecule has 0 saturated carbocycles. The number of amides is 2. The van der Waals surface area contributed by atoms with Gasteiger partial charge in [0.15, 0.2) is 0 Å². The van der Waals surface area contributed by atoms with E-state index in [0.29, 0.717) is 4.88 Å². The van der Waals surface area contributed by atoms with Gasteiger partial charge in [0.2, 0.25) is 5.91 Å². The van der Waals surface area contributed by atoms with Crippen molar-refractivity contribution in [1.29, 1.82) is 0 Å². The van der Waals surface area contributed by atoms with E-state index in [2.05, 4.69) is 26.6 Å². The van der Waals surface area contributed by atoms with Crippen molar-refractivity contribution in [3.05, 3.63) is 49.6 Å². The van der Waals surface area contributed by atoms with Crippen molar-refractivity contribution in [1.82, 2.24) is 5.32 Å². The third-order valence-electron chi connectivity index (χ3n) is 4.09. The topological polar surface area (TPSA) is 58.2 Å². The molecule has 126 valence electrons. The number of anilines is 1. The fourth-order valence-corrected chi connectivity index (χ4v) is 4.46. The summed E-state index contributed by atoms with van der Waals surface area (Å²) in [6.45, 7) is 1.89. The number of nitrogens with one attached hydrogen (secondary N) is 2. The van der Waals surface area contributed by atoms with E-state index in [4.69, 9.17) is 0 Å². The predicted octanol–water partition coefficient (Wildman–Crippen LogP) is 4.07. The monoisotopic (exact) mass is 406 g/mol. The third kappa shape index (κ3) is 4.05. The third-order valence-corrected chi connectivity index (χ3v) is 5.82. The number of benzene rings is 1. The van der Waals surface area contributed by atoms with Crippen LogP contribution in [0.25, 0.3) is 0 Å². The number of halogens is 1. The lowest BCUT2D eigenvalue weighted by atomic mass is 9.99. The van der Waals surface area contributed by atoms with Crippen molar-refractivity contribution in [2.75, 3.05) is 11.9 Å². The van der Waals surface area contributed by atoms with Crippen molar-refractivity contribution >= 4 is 44.8 Å². The molecule has 24 heavy (non-hydrogen) atoms. The second kappa shape index (κ2) is 7.49. The van der Waals surface area contributed by atoms with Crippen LogP contribution < -0.4 is 10.6 Å². The van der Waals surface area contributed by atoms with Gasteiger partial charge in [0.1, 0.15) is 0 Å². The van der Waals surface area contributed by atoms with Gasteiger partial charge in [-0.25, -0.2) is 0 Å². The second-order valence-corrected chi connectivity index (χ2v) is 8.01. The Morgan fingerprint density at radius 1 is 1.21 bits per heavy atom. The summed E-state index contributed by atoms with van der Waals surface area (Å²) in [7, 11) is 0. The molecule has 3 rings (SSSR count). The molecule has 0 fully saturated rings. The van der Waals surface area contributed by atoms with Gasteiger partial charge in [-0.15, -0.1) is 11.3 Å². The van der Waals surface area contributed by atoms with Gasteiger partial charge in [-0.3, -0.25) is 9.59 Å². The van der Waals surface area contributed by atoms with Gasteiger partial charge in [-0.2, -0.15) is 0 Å². The Labute approximate surface area is 153 Å². The van der Waals surface area contributed by atoms with Crippen LogP contribution in [0, 0.1) is 6.92 Å². The van der Waals surface area contributed by atoms with Crippen LogP contribution in [0.4, 0.5) is 5.69 Å². The summed E-state index contributed by atoms with van der Waals surface area (Å²) in [6, 6.07) is 7.62. The molecule has 0 atom stereocenters. The Balaban J connectivity index is 1.55. The van der Waals surface area contributed by atoms with Crippen LogP contribution in [0.3, 0.4) is 0 Å². The maximum absolute atomic E-state index is 12.2. The summed E-state index contributed by atoms with van der Waals surface area (Å²) < 4.78 is 0.966. The average Bonchev–Trinajstić information content (AvgIpc) is 2.99. The van der Waals surface area contributed by atoms with Crippen molar-refractivity contribution in [3.8, 4) is 0 Å². The van der Waals surface area contributed by atoms with E-state index in [0.717, 1.165) is 28.6 Å². The molecule has 1 aromatic carbocycles.